The van der Waals surface area contributed by atoms with Crippen molar-refractivity contribution in [1.82, 2.24) is 19.7 Å². The molecule has 0 aliphatic rings. The number of aryl methyl sites for hydroxylation is 1. The second-order valence-electron chi connectivity index (χ2n) is 6.40. The molecule has 2 heterocycles. The van der Waals surface area contributed by atoms with E-state index in [1.165, 1.54) is 44.6 Å². The number of ether oxygens (including phenoxy) is 2. The summed E-state index contributed by atoms with van der Waals surface area (Å²) in [5.74, 6) is -0.928. The minimum atomic E-state index is -4.67. The third kappa shape index (κ3) is 5.49. The molecule has 176 valence electrons. The quantitative estimate of drug-likeness (QED) is 0.519. The Balaban J connectivity index is 1.75. The number of carbonyl (C=O) groups excluding carboxylic acids is 1. The van der Waals surface area contributed by atoms with Gasteiger partial charge in [-0.15, -0.1) is 0 Å². The van der Waals surface area contributed by atoms with Crippen LogP contribution in [0.15, 0.2) is 41.3 Å². The van der Waals surface area contributed by atoms with Gasteiger partial charge in [0.2, 0.25) is 5.88 Å². The molecule has 0 atom stereocenters. The topological polar surface area (TPSA) is 137 Å². The summed E-state index contributed by atoms with van der Waals surface area (Å²) >= 11 is 0. The predicted molar refractivity (Wildman–Crippen MR) is 109 cm³/mol. The average Bonchev–Trinajstić information content (AvgIpc) is 3.16. The number of hydrogen-bond acceptors (Lipinski definition) is 8. The van der Waals surface area contributed by atoms with Crippen LogP contribution in [-0.2, 0) is 23.2 Å². The molecule has 0 radical (unpaired) electrons. The molecule has 11 nitrogen and oxygen atoms in total. The van der Waals surface area contributed by atoms with Gasteiger partial charge in [0.15, 0.2) is 11.5 Å². The number of amides is 1. The van der Waals surface area contributed by atoms with Gasteiger partial charge >= 0.3 is 12.2 Å². The lowest BCUT2D eigenvalue weighted by molar-refractivity contribution is -0.143. The molecule has 2 N–H and O–H groups in total. The molecule has 0 spiro atoms. The summed E-state index contributed by atoms with van der Waals surface area (Å²) in [5, 5.41) is 5.91. The van der Waals surface area contributed by atoms with Crippen LogP contribution in [0.5, 0.6) is 11.9 Å². The number of benzene rings is 1. The van der Waals surface area contributed by atoms with Crippen molar-refractivity contribution in [2.24, 2.45) is 7.05 Å². The highest BCUT2D eigenvalue weighted by Gasteiger charge is 2.35. The van der Waals surface area contributed by atoms with Gasteiger partial charge in [-0.3, -0.25) is 14.2 Å². The third-order valence-corrected chi connectivity index (χ3v) is 5.51. The van der Waals surface area contributed by atoms with E-state index in [1.807, 2.05) is 0 Å². The lowest BCUT2D eigenvalue weighted by atomic mass is 10.3. The van der Waals surface area contributed by atoms with Crippen LogP contribution in [0, 0.1) is 0 Å². The first-order valence-corrected chi connectivity index (χ1v) is 10.4. The third-order valence-electron chi connectivity index (χ3n) is 4.14. The van der Waals surface area contributed by atoms with Crippen LogP contribution in [0.25, 0.3) is 0 Å². The minimum absolute atomic E-state index is 0.0702. The molecule has 3 rings (SSSR count). The molecule has 0 aliphatic carbocycles. The molecule has 0 saturated carbocycles. The van der Waals surface area contributed by atoms with Gasteiger partial charge in [-0.25, -0.2) is 8.42 Å². The first-order chi connectivity index (χ1) is 15.4. The van der Waals surface area contributed by atoms with Crippen LogP contribution in [0.1, 0.15) is 16.2 Å². The van der Waals surface area contributed by atoms with E-state index in [9.17, 15) is 26.4 Å². The molecular weight excluding hydrogens is 469 g/mol. The fraction of sp³-hybridized carbons (Fsp3) is 0.222. The van der Waals surface area contributed by atoms with Gasteiger partial charge in [-0.1, -0.05) is 0 Å². The Labute approximate surface area is 185 Å². The van der Waals surface area contributed by atoms with E-state index in [1.54, 1.807) is 0 Å². The Morgan fingerprint density at radius 1 is 1.06 bits per heavy atom. The Hall–Kier alpha value is -3.88. The fourth-order valence-corrected chi connectivity index (χ4v) is 3.60. The fourth-order valence-electron chi connectivity index (χ4n) is 2.60. The molecule has 0 saturated heterocycles. The van der Waals surface area contributed by atoms with Gasteiger partial charge in [-0.2, -0.15) is 28.2 Å². The second kappa shape index (κ2) is 8.93. The number of rotatable bonds is 7. The van der Waals surface area contributed by atoms with E-state index in [-0.39, 0.29) is 28.3 Å². The maximum absolute atomic E-state index is 12.9. The van der Waals surface area contributed by atoms with Gasteiger partial charge in [0.05, 0.1) is 19.1 Å². The molecular formula is C18H17F3N6O5S. The van der Waals surface area contributed by atoms with Crippen LogP contribution < -0.4 is 19.5 Å². The number of methoxy groups -OCH3 is 2. The number of carbonyl (C=O) groups is 1. The number of alkyl halides is 3. The van der Waals surface area contributed by atoms with E-state index in [4.69, 9.17) is 9.47 Å². The number of anilines is 2. The molecule has 1 amide bonds. The predicted octanol–water partition coefficient (Wildman–Crippen LogP) is 2.30. The first-order valence-electron chi connectivity index (χ1n) is 8.95. The van der Waals surface area contributed by atoms with Crippen molar-refractivity contribution in [1.29, 1.82) is 0 Å². The highest BCUT2D eigenvalue weighted by atomic mass is 32.2. The number of nitrogens with one attached hydrogen (secondary N) is 2. The van der Waals surface area contributed by atoms with Gasteiger partial charge in [0, 0.05) is 24.9 Å². The van der Waals surface area contributed by atoms with E-state index in [2.05, 4.69) is 25.1 Å². The lowest BCUT2D eigenvalue weighted by Crippen LogP contribution is -2.15. The normalized spacial score (nSPS) is 11.7. The number of aromatic nitrogens is 4. The highest BCUT2D eigenvalue weighted by Crippen LogP contribution is 2.29. The van der Waals surface area contributed by atoms with Gasteiger partial charge in [0.25, 0.3) is 15.9 Å². The standard InChI is InChI=1S/C18H17F3N6O5S/c1-27-13(18(19,20)21)8-12(25-27)16(28)22-10-4-6-11(7-5-10)33(29,30)26-14-9-15(31-2)24-17(23-14)32-3/h4-9H,1-3H3,(H,22,28)(H,23,24,26). The molecule has 3 aromatic rings. The molecule has 33 heavy (non-hydrogen) atoms. The Morgan fingerprint density at radius 3 is 2.27 bits per heavy atom. The summed E-state index contributed by atoms with van der Waals surface area (Å²) in [6.07, 6.45) is -4.67. The number of nitrogens with zero attached hydrogens (tertiary/aromatic N) is 4. The molecule has 0 aliphatic heterocycles. The van der Waals surface area contributed by atoms with Crippen LogP contribution in [0.4, 0.5) is 24.7 Å². The average molecular weight is 486 g/mol. The molecule has 0 bridgehead atoms. The Kier molecular flexibility index (Phi) is 6.44. The van der Waals surface area contributed by atoms with Gasteiger partial charge in [-0.05, 0) is 24.3 Å². The summed E-state index contributed by atoms with van der Waals surface area (Å²) in [7, 11) is -0.384. The zero-order valence-corrected chi connectivity index (χ0v) is 18.2. The summed E-state index contributed by atoms with van der Waals surface area (Å²) in [4.78, 5) is 19.8. The SMILES string of the molecule is COc1cc(NS(=O)(=O)c2ccc(NC(=O)c3cc(C(F)(F)F)n(C)n3)cc2)nc(OC)n1. The maximum atomic E-state index is 12.9. The van der Waals surface area contributed by atoms with E-state index < -0.39 is 33.5 Å². The highest BCUT2D eigenvalue weighted by molar-refractivity contribution is 7.92. The van der Waals surface area contributed by atoms with Crippen molar-refractivity contribution in [3.8, 4) is 11.9 Å². The monoisotopic (exact) mass is 486 g/mol. The minimum Gasteiger partial charge on any atom is -0.481 e. The van der Waals surface area contributed by atoms with Gasteiger partial charge < -0.3 is 14.8 Å². The largest absolute Gasteiger partial charge is 0.481 e. The Morgan fingerprint density at radius 2 is 1.73 bits per heavy atom. The maximum Gasteiger partial charge on any atom is 0.433 e. The number of sulfonamides is 1. The Bertz CT molecular complexity index is 1250. The summed E-state index contributed by atoms with van der Waals surface area (Å²) in [6, 6.07) is 6.65. The van der Waals surface area contributed by atoms with E-state index >= 15 is 0 Å². The number of halogens is 3. The second-order valence-corrected chi connectivity index (χ2v) is 8.08. The van der Waals surface area contributed by atoms with Crippen molar-refractivity contribution in [3.05, 3.63) is 47.8 Å². The van der Waals surface area contributed by atoms with E-state index in [0.717, 1.165) is 7.05 Å². The first kappa shape index (κ1) is 23.8. The summed E-state index contributed by atoms with van der Waals surface area (Å²) in [6.45, 7) is 0. The van der Waals surface area contributed by atoms with Crippen LogP contribution >= 0.6 is 0 Å². The zero-order chi connectivity index (χ0) is 24.4. The number of hydrogen-bond donors (Lipinski definition) is 2. The molecule has 0 fully saturated rings. The lowest BCUT2D eigenvalue weighted by Gasteiger charge is -2.10. The molecule has 15 heteroatoms. The van der Waals surface area contributed by atoms with Crippen molar-refractivity contribution in [3.63, 3.8) is 0 Å². The van der Waals surface area contributed by atoms with Crippen molar-refractivity contribution in [2.45, 2.75) is 11.1 Å². The molecule has 0 unspecified atom stereocenters. The van der Waals surface area contributed by atoms with Crippen LogP contribution in [-0.4, -0.2) is 48.3 Å². The molecule has 1 aromatic carbocycles. The zero-order valence-electron chi connectivity index (χ0n) is 17.3. The van der Waals surface area contributed by atoms with Crippen LogP contribution in [0.2, 0.25) is 0 Å². The summed E-state index contributed by atoms with van der Waals surface area (Å²) < 4.78 is 76.5. The van der Waals surface area contributed by atoms with Crippen molar-refractivity contribution >= 4 is 27.4 Å². The van der Waals surface area contributed by atoms with Crippen LogP contribution in [0.3, 0.4) is 0 Å². The smallest absolute Gasteiger partial charge is 0.433 e. The van der Waals surface area contributed by atoms with Crippen molar-refractivity contribution in [2.75, 3.05) is 24.3 Å². The molecule has 2 aromatic heterocycles. The van der Waals surface area contributed by atoms with E-state index in [0.29, 0.717) is 10.7 Å². The summed E-state index contributed by atoms with van der Waals surface area (Å²) in [5.41, 5.74) is -1.39. The van der Waals surface area contributed by atoms with Crippen molar-refractivity contribution < 1.29 is 35.9 Å². The van der Waals surface area contributed by atoms with Gasteiger partial charge in [0.1, 0.15) is 5.69 Å².